The summed E-state index contributed by atoms with van der Waals surface area (Å²) in [5.41, 5.74) is -1.59. The number of nitrogens with one attached hydrogen (secondary N) is 1. The number of benzene rings is 1. The SMILES string of the molecule is Cn1c(=O)c2c(n(C)c1=O)n(C)c(=O)n2CC(=O)Nc1nc(-c2cc(F)c(OCC3CCC3)c(F)c2)cs1. The molecular formula is C24H24F2N6O5S. The van der Waals surface area contributed by atoms with Gasteiger partial charge in [-0.2, -0.15) is 0 Å². The normalized spacial score (nSPS) is 13.6. The molecule has 1 saturated carbocycles. The number of aryl methyl sites for hydroxylation is 2. The van der Waals surface area contributed by atoms with E-state index in [2.05, 4.69) is 10.3 Å². The van der Waals surface area contributed by atoms with Crippen LogP contribution in [0.2, 0.25) is 0 Å². The molecule has 1 N–H and O–H groups in total. The summed E-state index contributed by atoms with van der Waals surface area (Å²) in [6.07, 6.45) is 3.07. The van der Waals surface area contributed by atoms with Crippen LogP contribution in [0.5, 0.6) is 5.75 Å². The number of imidazole rings is 1. The number of halogens is 2. The Kier molecular flexibility index (Phi) is 6.51. The summed E-state index contributed by atoms with van der Waals surface area (Å²) in [6.45, 7) is -0.253. The Balaban J connectivity index is 1.35. The van der Waals surface area contributed by atoms with Crippen LogP contribution >= 0.6 is 11.3 Å². The van der Waals surface area contributed by atoms with E-state index < -0.39 is 46.8 Å². The lowest BCUT2D eigenvalue weighted by atomic mass is 9.86. The van der Waals surface area contributed by atoms with Crippen molar-refractivity contribution in [2.24, 2.45) is 27.1 Å². The number of nitrogens with zero attached hydrogens (tertiary/aromatic N) is 5. The van der Waals surface area contributed by atoms with Gasteiger partial charge in [0.05, 0.1) is 12.3 Å². The van der Waals surface area contributed by atoms with Gasteiger partial charge in [0.1, 0.15) is 6.54 Å². The van der Waals surface area contributed by atoms with Crippen LogP contribution in [0.3, 0.4) is 0 Å². The van der Waals surface area contributed by atoms with Crippen LogP contribution < -0.4 is 27.0 Å². The van der Waals surface area contributed by atoms with Gasteiger partial charge in [-0.15, -0.1) is 11.3 Å². The highest BCUT2D eigenvalue weighted by Gasteiger charge is 2.23. The first-order valence-electron chi connectivity index (χ1n) is 11.8. The first kappa shape index (κ1) is 25.6. The number of amides is 1. The third-order valence-electron chi connectivity index (χ3n) is 6.75. The molecule has 0 bridgehead atoms. The molecular weight excluding hydrogens is 522 g/mol. The number of hydrogen-bond donors (Lipinski definition) is 1. The smallest absolute Gasteiger partial charge is 0.332 e. The number of aromatic nitrogens is 5. The average Bonchev–Trinajstić information content (AvgIpc) is 3.40. The van der Waals surface area contributed by atoms with Crippen LogP contribution in [0.25, 0.3) is 22.4 Å². The second-order valence-electron chi connectivity index (χ2n) is 9.27. The van der Waals surface area contributed by atoms with Crippen molar-refractivity contribution in [3.63, 3.8) is 0 Å². The van der Waals surface area contributed by atoms with Gasteiger partial charge < -0.3 is 10.1 Å². The van der Waals surface area contributed by atoms with Crippen molar-refractivity contribution in [1.29, 1.82) is 0 Å². The van der Waals surface area contributed by atoms with Crippen molar-refractivity contribution >= 4 is 33.5 Å². The summed E-state index contributed by atoms with van der Waals surface area (Å²) < 4.78 is 38.6. The van der Waals surface area contributed by atoms with E-state index in [0.717, 1.165) is 61.0 Å². The minimum Gasteiger partial charge on any atom is -0.487 e. The molecule has 0 saturated heterocycles. The maximum atomic E-state index is 14.6. The number of rotatable bonds is 7. The van der Waals surface area contributed by atoms with E-state index in [1.807, 2.05) is 0 Å². The Morgan fingerprint density at radius 2 is 1.74 bits per heavy atom. The molecule has 200 valence electrons. The zero-order valence-electron chi connectivity index (χ0n) is 20.8. The summed E-state index contributed by atoms with van der Waals surface area (Å²) in [4.78, 5) is 54.7. The molecule has 11 nitrogen and oxygen atoms in total. The van der Waals surface area contributed by atoms with E-state index in [1.165, 1.54) is 26.5 Å². The maximum absolute atomic E-state index is 14.6. The van der Waals surface area contributed by atoms with Gasteiger partial charge in [-0.3, -0.25) is 27.9 Å². The summed E-state index contributed by atoms with van der Waals surface area (Å²) in [7, 11) is 4.10. The van der Waals surface area contributed by atoms with Gasteiger partial charge in [-0.25, -0.2) is 23.4 Å². The molecule has 0 spiro atoms. The molecule has 38 heavy (non-hydrogen) atoms. The molecule has 1 amide bonds. The Bertz CT molecular complexity index is 1740. The van der Waals surface area contributed by atoms with Crippen molar-refractivity contribution in [2.45, 2.75) is 25.8 Å². The highest BCUT2D eigenvalue weighted by molar-refractivity contribution is 7.14. The third kappa shape index (κ3) is 4.34. The topological polar surface area (TPSA) is 122 Å². The summed E-state index contributed by atoms with van der Waals surface area (Å²) >= 11 is 1.02. The maximum Gasteiger partial charge on any atom is 0.332 e. The van der Waals surface area contributed by atoms with Gasteiger partial charge in [-0.1, -0.05) is 6.42 Å². The Morgan fingerprint density at radius 1 is 1.08 bits per heavy atom. The number of thiazole rings is 1. The van der Waals surface area contributed by atoms with Crippen LogP contribution in [0, 0.1) is 17.6 Å². The van der Waals surface area contributed by atoms with E-state index in [1.54, 1.807) is 0 Å². The van der Waals surface area contributed by atoms with Crippen molar-refractivity contribution < 1.29 is 18.3 Å². The van der Waals surface area contributed by atoms with E-state index in [9.17, 15) is 28.0 Å². The van der Waals surface area contributed by atoms with Crippen molar-refractivity contribution in [2.75, 3.05) is 11.9 Å². The van der Waals surface area contributed by atoms with Crippen molar-refractivity contribution in [3.8, 4) is 17.0 Å². The van der Waals surface area contributed by atoms with Crippen molar-refractivity contribution in [1.82, 2.24) is 23.3 Å². The summed E-state index contributed by atoms with van der Waals surface area (Å²) in [5, 5.41) is 4.19. The number of hydrogen-bond acceptors (Lipinski definition) is 7. The number of ether oxygens (including phenoxy) is 1. The van der Waals surface area contributed by atoms with Gasteiger partial charge in [0, 0.05) is 32.1 Å². The molecule has 5 rings (SSSR count). The largest absolute Gasteiger partial charge is 0.487 e. The zero-order chi connectivity index (χ0) is 27.3. The van der Waals surface area contributed by atoms with E-state index >= 15 is 0 Å². The Morgan fingerprint density at radius 3 is 2.37 bits per heavy atom. The van der Waals surface area contributed by atoms with Crippen molar-refractivity contribution in [3.05, 3.63) is 60.5 Å². The van der Waals surface area contributed by atoms with E-state index in [-0.39, 0.29) is 34.2 Å². The highest BCUT2D eigenvalue weighted by Crippen LogP contribution is 2.33. The third-order valence-corrected chi connectivity index (χ3v) is 7.51. The Labute approximate surface area is 217 Å². The Hall–Kier alpha value is -4.07. The standard InChI is InChI=1S/C24H24F2N6O5S/c1-29-20-18(21(34)31(3)23(29)35)32(24(36)30(20)2)9-17(33)28-22-27-16(11-38-22)13-7-14(25)19(15(26)8-13)37-10-12-5-4-6-12/h7-8,11-12H,4-6,9-10H2,1-3H3,(H,27,28,33). The molecule has 1 fully saturated rings. The minimum absolute atomic E-state index is 0.0802. The summed E-state index contributed by atoms with van der Waals surface area (Å²) in [6, 6.07) is 2.24. The zero-order valence-corrected chi connectivity index (χ0v) is 21.6. The van der Waals surface area contributed by atoms with Crippen LogP contribution in [0.1, 0.15) is 19.3 Å². The number of fused-ring (bicyclic) bond motifs is 1. The monoisotopic (exact) mass is 546 g/mol. The van der Waals surface area contributed by atoms with Gasteiger partial charge >= 0.3 is 11.4 Å². The number of carbonyl (C=O) groups excluding carboxylic acids is 1. The van der Waals surface area contributed by atoms with Crippen LogP contribution in [-0.4, -0.2) is 35.8 Å². The molecule has 4 aromatic rings. The van der Waals surface area contributed by atoms with Gasteiger partial charge in [-0.05, 0) is 30.9 Å². The van der Waals surface area contributed by atoms with Gasteiger partial charge in [0.25, 0.3) is 5.56 Å². The average molecular weight is 547 g/mol. The predicted octanol–water partition coefficient (Wildman–Crippen LogP) is 1.96. The van der Waals surface area contributed by atoms with Crippen LogP contribution in [0.4, 0.5) is 13.9 Å². The predicted molar refractivity (Wildman–Crippen MR) is 137 cm³/mol. The second-order valence-corrected chi connectivity index (χ2v) is 10.1. The number of carbonyl (C=O) groups is 1. The lowest BCUT2D eigenvalue weighted by molar-refractivity contribution is -0.116. The first-order valence-corrected chi connectivity index (χ1v) is 12.7. The molecule has 14 heteroatoms. The lowest BCUT2D eigenvalue weighted by Crippen LogP contribution is -2.38. The van der Waals surface area contributed by atoms with E-state index in [0.29, 0.717) is 5.92 Å². The van der Waals surface area contributed by atoms with Gasteiger partial charge in [0.15, 0.2) is 33.7 Å². The highest BCUT2D eigenvalue weighted by atomic mass is 32.1. The fourth-order valence-corrected chi connectivity index (χ4v) is 5.16. The first-order chi connectivity index (χ1) is 18.1. The molecule has 0 unspecified atom stereocenters. The van der Waals surface area contributed by atoms with E-state index in [4.69, 9.17) is 4.74 Å². The molecule has 0 atom stereocenters. The fourth-order valence-electron chi connectivity index (χ4n) is 4.42. The number of anilines is 1. The van der Waals surface area contributed by atoms with Crippen LogP contribution in [-0.2, 0) is 32.5 Å². The molecule has 3 aromatic heterocycles. The summed E-state index contributed by atoms with van der Waals surface area (Å²) in [5.74, 6) is -2.45. The molecule has 1 aliphatic rings. The molecule has 1 aliphatic carbocycles. The van der Waals surface area contributed by atoms with Crippen LogP contribution in [0.15, 0.2) is 31.9 Å². The molecule has 3 heterocycles. The van der Waals surface area contributed by atoms with Gasteiger partial charge in [0.2, 0.25) is 5.91 Å². The molecule has 0 aliphatic heterocycles. The minimum atomic E-state index is -0.843. The lowest BCUT2D eigenvalue weighted by Gasteiger charge is -2.25. The molecule has 1 aromatic carbocycles. The second kappa shape index (κ2) is 9.67. The fraction of sp³-hybridized carbons (Fsp3) is 0.375. The quantitative estimate of drug-likeness (QED) is 0.378. The molecule has 0 radical (unpaired) electrons.